The standard InChI is InChI=1S/C10H23NO/c1-5-9(3)7-11-12-8-10(4)6-2/h9-11H,5-8H2,1-4H3. The zero-order chi connectivity index (χ0) is 9.40. The number of hydroxylamine groups is 1. The van der Waals surface area contributed by atoms with Crippen LogP contribution in [0.3, 0.4) is 0 Å². The summed E-state index contributed by atoms with van der Waals surface area (Å²) < 4.78 is 0. The van der Waals surface area contributed by atoms with Crippen molar-refractivity contribution in [3.05, 3.63) is 0 Å². The zero-order valence-electron chi connectivity index (χ0n) is 8.89. The van der Waals surface area contributed by atoms with Gasteiger partial charge < -0.3 is 4.84 Å². The molecule has 0 radical (unpaired) electrons. The van der Waals surface area contributed by atoms with Crippen LogP contribution in [-0.4, -0.2) is 13.2 Å². The van der Waals surface area contributed by atoms with Crippen molar-refractivity contribution in [3.8, 4) is 0 Å². The molecular formula is C10H23NO. The van der Waals surface area contributed by atoms with Crippen molar-refractivity contribution in [2.45, 2.75) is 40.5 Å². The molecule has 12 heavy (non-hydrogen) atoms. The Bertz CT molecular complexity index is 83.8. The first-order chi connectivity index (χ1) is 5.70. The van der Waals surface area contributed by atoms with Gasteiger partial charge in [0.15, 0.2) is 0 Å². The summed E-state index contributed by atoms with van der Waals surface area (Å²) in [6.07, 6.45) is 2.39. The van der Waals surface area contributed by atoms with Crippen LogP contribution in [-0.2, 0) is 4.84 Å². The van der Waals surface area contributed by atoms with E-state index in [2.05, 4.69) is 33.2 Å². The van der Waals surface area contributed by atoms with Crippen LogP contribution < -0.4 is 5.48 Å². The Morgan fingerprint density at radius 1 is 1.08 bits per heavy atom. The fourth-order valence-corrected chi connectivity index (χ4v) is 0.665. The lowest BCUT2D eigenvalue weighted by molar-refractivity contribution is 0.0132. The Hall–Kier alpha value is -0.0800. The van der Waals surface area contributed by atoms with E-state index in [4.69, 9.17) is 4.84 Å². The molecule has 0 aliphatic carbocycles. The summed E-state index contributed by atoms with van der Waals surface area (Å²) in [6.45, 7) is 10.6. The second-order valence-corrected chi connectivity index (χ2v) is 3.69. The number of rotatable bonds is 7. The van der Waals surface area contributed by atoms with E-state index in [-0.39, 0.29) is 0 Å². The van der Waals surface area contributed by atoms with Crippen LogP contribution in [0.15, 0.2) is 0 Å². The summed E-state index contributed by atoms with van der Waals surface area (Å²) in [6, 6.07) is 0. The molecular weight excluding hydrogens is 150 g/mol. The second-order valence-electron chi connectivity index (χ2n) is 3.69. The average molecular weight is 173 g/mol. The molecule has 0 bridgehead atoms. The van der Waals surface area contributed by atoms with E-state index >= 15 is 0 Å². The van der Waals surface area contributed by atoms with Gasteiger partial charge >= 0.3 is 0 Å². The molecule has 0 heterocycles. The summed E-state index contributed by atoms with van der Waals surface area (Å²) >= 11 is 0. The highest BCUT2D eigenvalue weighted by Crippen LogP contribution is 2.00. The number of hydrogen-bond acceptors (Lipinski definition) is 2. The highest BCUT2D eigenvalue weighted by molar-refractivity contribution is 4.49. The summed E-state index contributed by atoms with van der Waals surface area (Å²) in [7, 11) is 0. The highest BCUT2D eigenvalue weighted by Gasteiger charge is 2.00. The van der Waals surface area contributed by atoms with Gasteiger partial charge in [-0.1, -0.05) is 40.5 Å². The van der Waals surface area contributed by atoms with Crippen LogP contribution in [0.2, 0.25) is 0 Å². The van der Waals surface area contributed by atoms with Gasteiger partial charge in [0, 0.05) is 6.54 Å². The minimum atomic E-state index is 0.662. The molecule has 1 N–H and O–H groups in total. The Balaban J connectivity index is 3.10. The SMILES string of the molecule is CCC(C)CNOCC(C)CC. The minimum Gasteiger partial charge on any atom is -0.302 e. The fraction of sp³-hybridized carbons (Fsp3) is 1.00. The maximum Gasteiger partial charge on any atom is 0.0707 e. The van der Waals surface area contributed by atoms with E-state index in [1.165, 1.54) is 12.8 Å². The molecule has 0 aromatic rings. The third kappa shape index (κ3) is 6.62. The quantitative estimate of drug-likeness (QED) is 0.472. The second kappa shape index (κ2) is 7.56. The molecule has 0 saturated heterocycles. The normalized spacial score (nSPS) is 16.0. The van der Waals surface area contributed by atoms with Gasteiger partial charge in [-0.05, 0) is 11.8 Å². The van der Waals surface area contributed by atoms with Crippen LogP contribution in [0.4, 0.5) is 0 Å². The molecule has 74 valence electrons. The van der Waals surface area contributed by atoms with Gasteiger partial charge in [-0.3, -0.25) is 0 Å². The molecule has 0 saturated carbocycles. The average Bonchev–Trinajstić information content (AvgIpc) is 2.11. The van der Waals surface area contributed by atoms with Crippen LogP contribution in [0, 0.1) is 11.8 Å². The predicted octanol–water partition coefficient (Wildman–Crippen LogP) is 2.60. The first-order valence-corrected chi connectivity index (χ1v) is 5.05. The van der Waals surface area contributed by atoms with Crippen LogP contribution >= 0.6 is 0 Å². The van der Waals surface area contributed by atoms with Gasteiger partial charge in [0.2, 0.25) is 0 Å². The van der Waals surface area contributed by atoms with Gasteiger partial charge in [0.05, 0.1) is 6.61 Å². The van der Waals surface area contributed by atoms with Gasteiger partial charge in [-0.2, -0.15) is 0 Å². The van der Waals surface area contributed by atoms with E-state index in [0.717, 1.165) is 13.2 Å². The molecule has 2 nitrogen and oxygen atoms in total. The fourth-order valence-electron chi connectivity index (χ4n) is 0.665. The van der Waals surface area contributed by atoms with Gasteiger partial charge in [0.1, 0.15) is 0 Å². The lowest BCUT2D eigenvalue weighted by Crippen LogP contribution is -2.23. The summed E-state index contributed by atoms with van der Waals surface area (Å²) in [5.74, 6) is 1.37. The Morgan fingerprint density at radius 3 is 2.17 bits per heavy atom. The summed E-state index contributed by atoms with van der Waals surface area (Å²) in [4.78, 5) is 5.31. The van der Waals surface area contributed by atoms with Gasteiger partial charge in [-0.25, -0.2) is 5.48 Å². The van der Waals surface area contributed by atoms with Crippen LogP contribution in [0.5, 0.6) is 0 Å². The first kappa shape index (κ1) is 11.9. The smallest absolute Gasteiger partial charge is 0.0707 e. The van der Waals surface area contributed by atoms with E-state index in [1.54, 1.807) is 0 Å². The molecule has 2 unspecified atom stereocenters. The minimum absolute atomic E-state index is 0.662. The number of hydrogen-bond donors (Lipinski definition) is 1. The molecule has 0 aromatic heterocycles. The molecule has 0 fully saturated rings. The van der Waals surface area contributed by atoms with Crippen molar-refractivity contribution in [1.29, 1.82) is 0 Å². The molecule has 0 amide bonds. The molecule has 2 heteroatoms. The zero-order valence-corrected chi connectivity index (χ0v) is 8.89. The monoisotopic (exact) mass is 173 g/mol. The lowest BCUT2D eigenvalue weighted by atomic mass is 10.1. The molecule has 0 aliphatic rings. The Kier molecular flexibility index (Phi) is 7.51. The maximum absolute atomic E-state index is 5.31. The van der Waals surface area contributed by atoms with Crippen molar-refractivity contribution in [1.82, 2.24) is 5.48 Å². The van der Waals surface area contributed by atoms with Crippen molar-refractivity contribution < 1.29 is 4.84 Å². The van der Waals surface area contributed by atoms with Crippen molar-refractivity contribution in [3.63, 3.8) is 0 Å². The summed E-state index contributed by atoms with van der Waals surface area (Å²) in [5.41, 5.74) is 3.00. The van der Waals surface area contributed by atoms with Gasteiger partial charge in [0.25, 0.3) is 0 Å². The van der Waals surface area contributed by atoms with Crippen LogP contribution in [0.1, 0.15) is 40.5 Å². The van der Waals surface area contributed by atoms with Gasteiger partial charge in [-0.15, -0.1) is 0 Å². The third-order valence-electron chi connectivity index (χ3n) is 2.30. The molecule has 0 aliphatic heterocycles. The summed E-state index contributed by atoms with van der Waals surface area (Å²) in [5, 5.41) is 0. The first-order valence-electron chi connectivity index (χ1n) is 5.05. The van der Waals surface area contributed by atoms with E-state index in [9.17, 15) is 0 Å². The number of nitrogens with one attached hydrogen (secondary N) is 1. The van der Waals surface area contributed by atoms with E-state index < -0.39 is 0 Å². The largest absolute Gasteiger partial charge is 0.302 e. The van der Waals surface area contributed by atoms with E-state index in [1.807, 2.05) is 0 Å². The maximum atomic E-state index is 5.31. The van der Waals surface area contributed by atoms with Crippen molar-refractivity contribution >= 4 is 0 Å². The molecule has 0 rings (SSSR count). The lowest BCUT2D eigenvalue weighted by Gasteiger charge is -2.12. The molecule has 0 spiro atoms. The Labute approximate surface area is 76.6 Å². The topological polar surface area (TPSA) is 21.3 Å². The van der Waals surface area contributed by atoms with Crippen LogP contribution in [0.25, 0.3) is 0 Å². The van der Waals surface area contributed by atoms with Crippen molar-refractivity contribution in [2.75, 3.05) is 13.2 Å². The molecule has 2 atom stereocenters. The predicted molar refractivity (Wildman–Crippen MR) is 52.9 cm³/mol. The molecule has 0 aromatic carbocycles. The third-order valence-corrected chi connectivity index (χ3v) is 2.30. The van der Waals surface area contributed by atoms with Crippen molar-refractivity contribution in [2.24, 2.45) is 11.8 Å². The Morgan fingerprint density at radius 2 is 1.67 bits per heavy atom. The van der Waals surface area contributed by atoms with E-state index in [0.29, 0.717) is 11.8 Å². The highest BCUT2D eigenvalue weighted by atomic mass is 16.6.